The minimum Gasteiger partial charge on any atom is -0.313 e. The number of nitrogens with zero attached hydrogens (tertiary/aromatic N) is 6. The molecule has 3 rings (SSSR count). The summed E-state index contributed by atoms with van der Waals surface area (Å²) in [4.78, 5) is 0. The van der Waals surface area contributed by atoms with E-state index in [0.29, 0.717) is 12.6 Å². The predicted octanol–water partition coefficient (Wildman–Crippen LogP) is 0.752. The standard InChI is InChI=1S/C13H21N7/c1-10(2)14-7-11-8-19(18-15-11)9-13-17-16-12-5-3-4-6-20(12)13/h8,10,14H,3-7,9H2,1-2H3. The Kier molecular flexibility index (Phi) is 3.77. The van der Waals surface area contributed by atoms with Crippen molar-refractivity contribution in [2.75, 3.05) is 0 Å². The minimum absolute atomic E-state index is 0.448. The zero-order chi connectivity index (χ0) is 13.9. The van der Waals surface area contributed by atoms with E-state index >= 15 is 0 Å². The van der Waals surface area contributed by atoms with Crippen LogP contribution in [0, 0.1) is 0 Å². The maximum Gasteiger partial charge on any atom is 0.154 e. The molecule has 0 bridgehead atoms. The lowest BCUT2D eigenvalue weighted by molar-refractivity contribution is 0.493. The maximum absolute atomic E-state index is 4.29. The molecule has 0 atom stereocenters. The number of fused-ring (bicyclic) bond motifs is 1. The Hall–Kier alpha value is -1.76. The zero-order valence-electron chi connectivity index (χ0n) is 12.1. The molecule has 108 valence electrons. The number of nitrogens with one attached hydrogen (secondary N) is 1. The largest absolute Gasteiger partial charge is 0.313 e. The molecule has 0 saturated heterocycles. The van der Waals surface area contributed by atoms with Gasteiger partial charge in [-0.2, -0.15) is 0 Å². The monoisotopic (exact) mass is 275 g/mol. The van der Waals surface area contributed by atoms with Crippen molar-refractivity contribution in [3.8, 4) is 0 Å². The molecule has 1 aliphatic rings. The Morgan fingerprint density at radius 3 is 3.00 bits per heavy atom. The van der Waals surface area contributed by atoms with Gasteiger partial charge in [-0.15, -0.1) is 15.3 Å². The topological polar surface area (TPSA) is 73.5 Å². The highest BCUT2D eigenvalue weighted by atomic mass is 15.4. The summed E-state index contributed by atoms with van der Waals surface area (Å²) in [6.07, 6.45) is 5.43. The molecule has 7 heteroatoms. The first-order chi connectivity index (χ1) is 9.72. The van der Waals surface area contributed by atoms with Gasteiger partial charge in [-0.3, -0.25) is 0 Å². The van der Waals surface area contributed by atoms with E-state index in [0.717, 1.165) is 36.9 Å². The second-order valence-corrected chi connectivity index (χ2v) is 5.58. The summed E-state index contributed by atoms with van der Waals surface area (Å²) in [5.41, 5.74) is 0.956. The van der Waals surface area contributed by atoms with Gasteiger partial charge in [-0.25, -0.2) is 4.68 Å². The van der Waals surface area contributed by atoms with Crippen LogP contribution in [-0.4, -0.2) is 35.8 Å². The molecule has 0 unspecified atom stereocenters. The van der Waals surface area contributed by atoms with Gasteiger partial charge in [-0.05, 0) is 12.8 Å². The second kappa shape index (κ2) is 5.70. The molecule has 2 aromatic heterocycles. The van der Waals surface area contributed by atoms with Gasteiger partial charge in [0.15, 0.2) is 5.82 Å². The third-order valence-electron chi connectivity index (χ3n) is 3.52. The van der Waals surface area contributed by atoms with Crippen molar-refractivity contribution in [3.05, 3.63) is 23.5 Å². The molecule has 0 spiro atoms. The van der Waals surface area contributed by atoms with E-state index in [-0.39, 0.29) is 0 Å². The third-order valence-corrected chi connectivity index (χ3v) is 3.52. The van der Waals surface area contributed by atoms with E-state index in [2.05, 4.69) is 44.2 Å². The number of hydrogen-bond acceptors (Lipinski definition) is 5. The minimum atomic E-state index is 0.448. The Bertz CT molecular complexity index is 569. The van der Waals surface area contributed by atoms with Crippen molar-refractivity contribution in [1.82, 2.24) is 35.1 Å². The maximum atomic E-state index is 4.29. The van der Waals surface area contributed by atoms with Crippen LogP contribution in [0.25, 0.3) is 0 Å². The fourth-order valence-electron chi connectivity index (χ4n) is 2.44. The lowest BCUT2D eigenvalue weighted by Crippen LogP contribution is -2.22. The normalized spacial score (nSPS) is 14.8. The van der Waals surface area contributed by atoms with Crippen molar-refractivity contribution < 1.29 is 0 Å². The molecule has 0 fully saturated rings. The smallest absolute Gasteiger partial charge is 0.154 e. The van der Waals surface area contributed by atoms with Crippen molar-refractivity contribution in [1.29, 1.82) is 0 Å². The molecule has 0 radical (unpaired) electrons. The molecular weight excluding hydrogens is 254 g/mol. The highest BCUT2D eigenvalue weighted by Crippen LogP contribution is 2.14. The van der Waals surface area contributed by atoms with E-state index < -0.39 is 0 Å². The van der Waals surface area contributed by atoms with Gasteiger partial charge in [0, 0.05) is 25.6 Å². The summed E-state index contributed by atoms with van der Waals surface area (Å²) in [5.74, 6) is 2.08. The molecule has 3 heterocycles. The SMILES string of the molecule is CC(C)NCc1cn(Cc2nnc3n2CCCC3)nn1. The predicted molar refractivity (Wildman–Crippen MR) is 74.1 cm³/mol. The molecule has 0 aromatic carbocycles. The highest BCUT2D eigenvalue weighted by molar-refractivity contribution is 5.00. The molecule has 0 amide bonds. The van der Waals surface area contributed by atoms with Crippen LogP contribution >= 0.6 is 0 Å². The Morgan fingerprint density at radius 2 is 2.15 bits per heavy atom. The first kappa shape index (κ1) is 13.2. The van der Waals surface area contributed by atoms with E-state index in [4.69, 9.17) is 0 Å². The third kappa shape index (κ3) is 2.87. The number of aromatic nitrogens is 6. The van der Waals surface area contributed by atoms with Gasteiger partial charge >= 0.3 is 0 Å². The molecule has 0 aliphatic carbocycles. The highest BCUT2D eigenvalue weighted by Gasteiger charge is 2.16. The lowest BCUT2D eigenvalue weighted by atomic mass is 10.2. The molecule has 2 aromatic rings. The quantitative estimate of drug-likeness (QED) is 0.871. The van der Waals surface area contributed by atoms with Crippen LogP contribution in [0.5, 0.6) is 0 Å². The van der Waals surface area contributed by atoms with E-state index in [1.807, 2.05) is 10.9 Å². The van der Waals surface area contributed by atoms with Crippen molar-refractivity contribution in [3.63, 3.8) is 0 Å². The molecular formula is C13H21N7. The average molecular weight is 275 g/mol. The summed E-state index contributed by atoms with van der Waals surface area (Å²) in [7, 11) is 0. The van der Waals surface area contributed by atoms with E-state index in [1.54, 1.807) is 0 Å². The molecule has 7 nitrogen and oxygen atoms in total. The van der Waals surface area contributed by atoms with Gasteiger partial charge in [0.05, 0.1) is 11.9 Å². The van der Waals surface area contributed by atoms with Gasteiger partial charge < -0.3 is 9.88 Å². The Labute approximate surface area is 118 Å². The van der Waals surface area contributed by atoms with Crippen molar-refractivity contribution in [2.24, 2.45) is 0 Å². The van der Waals surface area contributed by atoms with Gasteiger partial charge in [0.1, 0.15) is 12.4 Å². The lowest BCUT2D eigenvalue weighted by Gasteiger charge is -2.14. The molecule has 0 saturated carbocycles. The van der Waals surface area contributed by atoms with Crippen LogP contribution in [0.3, 0.4) is 0 Å². The van der Waals surface area contributed by atoms with Gasteiger partial charge in [-0.1, -0.05) is 19.1 Å². The molecule has 1 N–H and O–H groups in total. The van der Waals surface area contributed by atoms with Crippen LogP contribution in [0.1, 0.15) is 44.0 Å². The number of hydrogen-bond donors (Lipinski definition) is 1. The van der Waals surface area contributed by atoms with Crippen LogP contribution < -0.4 is 5.32 Å². The fraction of sp³-hybridized carbons (Fsp3) is 0.692. The Morgan fingerprint density at radius 1 is 1.25 bits per heavy atom. The van der Waals surface area contributed by atoms with Crippen LogP contribution in [0.15, 0.2) is 6.20 Å². The first-order valence-corrected chi connectivity index (χ1v) is 7.25. The van der Waals surface area contributed by atoms with E-state index in [9.17, 15) is 0 Å². The summed E-state index contributed by atoms with van der Waals surface area (Å²) >= 11 is 0. The van der Waals surface area contributed by atoms with Crippen LogP contribution in [0.2, 0.25) is 0 Å². The van der Waals surface area contributed by atoms with Crippen LogP contribution in [0.4, 0.5) is 0 Å². The summed E-state index contributed by atoms with van der Waals surface area (Å²) < 4.78 is 4.06. The molecule has 1 aliphatic heterocycles. The number of aryl methyl sites for hydroxylation is 1. The van der Waals surface area contributed by atoms with Crippen molar-refractivity contribution >= 4 is 0 Å². The number of rotatable bonds is 5. The first-order valence-electron chi connectivity index (χ1n) is 7.25. The van der Waals surface area contributed by atoms with Gasteiger partial charge in [0.25, 0.3) is 0 Å². The zero-order valence-corrected chi connectivity index (χ0v) is 12.1. The summed E-state index contributed by atoms with van der Waals surface area (Å²) in [6, 6.07) is 0.448. The van der Waals surface area contributed by atoms with Crippen LogP contribution in [-0.2, 0) is 26.1 Å². The average Bonchev–Trinajstić information content (AvgIpc) is 3.05. The summed E-state index contributed by atoms with van der Waals surface area (Å²) in [6.45, 7) is 6.64. The fourth-order valence-corrected chi connectivity index (χ4v) is 2.44. The van der Waals surface area contributed by atoms with E-state index in [1.165, 1.54) is 12.8 Å². The summed E-state index contributed by atoms with van der Waals surface area (Å²) in [5, 5.41) is 20.2. The second-order valence-electron chi connectivity index (χ2n) is 5.58. The van der Waals surface area contributed by atoms with Crippen molar-refractivity contribution in [2.45, 2.75) is 58.8 Å². The van der Waals surface area contributed by atoms with Gasteiger partial charge in [0.2, 0.25) is 0 Å². The Balaban J connectivity index is 1.67. The molecule has 20 heavy (non-hydrogen) atoms.